The van der Waals surface area contributed by atoms with Crippen LogP contribution in [0, 0.1) is 0 Å². The number of amides is 1. The Kier molecular flexibility index (Phi) is 4.01. The van der Waals surface area contributed by atoms with Crippen LogP contribution in [0.1, 0.15) is 35.9 Å². The van der Waals surface area contributed by atoms with Gasteiger partial charge in [0.1, 0.15) is 11.5 Å². The predicted molar refractivity (Wildman–Crippen MR) is 70.2 cm³/mol. The van der Waals surface area contributed by atoms with Crippen LogP contribution in [0.5, 0.6) is 5.75 Å². The molecule has 0 saturated carbocycles. The largest absolute Gasteiger partial charge is 0.496 e. The normalized spacial score (nSPS) is 19.0. The monoisotopic (exact) mass is 267 g/mol. The number of carbonyl (C=O) groups excluding carboxylic acids is 2. The molecule has 0 aliphatic carbocycles. The van der Waals surface area contributed by atoms with E-state index in [-0.39, 0.29) is 17.7 Å². The second-order valence-corrected chi connectivity index (χ2v) is 5.46. The highest BCUT2D eigenvalue weighted by atomic mass is 32.1. The van der Waals surface area contributed by atoms with Gasteiger partial charge in [0, 0.05) is 30.5 Å². The summed E-state index contributed by atoms with van der Waals surface area (Å²) in [4.78, 5) is 26.0. The number of thiophene rings is 1. The van der Waals surface area contributed by atoms with Crippen molar-refractivity contribution in [1.29, 1.82) is 0 Å². The first kappa shape index (κ1) is 13.1. The van der Waals surface area contributed by atoms with Crippen LogP contribution in [0.15, 0.2) is 11.4 Å². The number of likely N-dealkylation sites (tertiary alicyclic amines) is 1. The molecule has 5 heteroatoms. The lowest BCUT2D eigenvalue weighted by molar-refractivity contribution is -0.117. The summed E-state index contributed by atoms with van der Waals surface area (Å²) in [5.74, 6) is 0.876. The number of rotatable bonds is 4. The van der Waals surface area contributed by atoms with Gasteiger partial charge in [0.2, 0.25) is 0 Å². The molecule has 0 radical (unpaired) electrons. The Balaban J connectivity index is 2.09. The van der Waals surface area contributed by atoms with Crippen LogP contribution in [0.25, 0.3) is 0 Å². The van der Waals surface area contributed by atoms with Gasteiger partial charge in [-0.2, -0.15) is 0 Å². The zero-order valence-electron chi connectivity index (χ0n) is 10.6. The van der Waals surface area contributed by atoms with Gasteiger partial charge in [-0.3, -0.25) is 9.59 Å². The quantitative estimate of drug-likeness (QED) is 0.841. The van der Waals surface area contributed by atoms with Crippen molar-refractivity contribution in [2.45, 2.75) is 32.2 Å². The molecule has 98 valence electrons. The first-order valence-corrected chi connectivity index (χ1v) is 6.92. The lowest BCUT2D eigenvalue weighted by Gasteiger charge is -2.23. The van der Waals surface area contributed by atoms with Crippen molar-refractivity contribution in [2.75, 3.05) is 13.7 Å². The van der Waals surface area contributed by atoms with E-state index in [2.05, 4.69) is 0 Å². The van der Waals surface area contributed by atoms with E-state index in [1.165, 1.54) is 11.3 Å². The molecule has 1 amide bonds. The summed E-state index contributed by atoms with van der Waals surface area (Å²) in [6.45, 7) is 2.33. The maximum absolute atomic E-state index is 12.3. The molecule has 4 nitrogen and oxygen atoms in total. The molecule has 0 N–H and O–H groups in total. The first-order valence-electron chi connectivity index (χ1n) is 6.04. The van der Waals surface area contributed by atoms with Gasteiger partial charge in [0.05, 0.1) is 12.0 Å². The minimum absolute atomic E-state index is 0.0204. The van der Waals surface area contributed by atoms with Crippen LogP contribution in [-0.2, 0) is 4.79 Å². The predicted octanol–water partition coefficient (Wildman–Crippen LogP) is 2.34. The lowest BCUT2D eigenvalue weighted by atomic mass is 10.1. The highest BCUT2D eigenvalue weighted by molar-refractivity contribution is 7.12. The van der Waals surface area contributed by atoms with E-state index >= 15 is 0 Å². The van der Waals surface area contributed by atoms with Crippen molar-refractivity contribution >= 4 is 23.0 Å². The molecule has 18 heavy (non-hydrogen) atoms. The highest BCUT2D eigenvalue weighted by Gasteiger charge is 2.30. The van der Waals surface area contributed by atoms with Crippen LogP contribution in [-0.4, -0.2) is 36.3 Å². The average Bonchev–Trinajstić information content (AvgIpc) is 2.95. The minimum Gasteiger partial charge on any atom is -0.496 e. The number of ether oxygens (including phenoxy) is 1. The fourth-order valence-corrected chi connectivity index (χ4v) is 3.14. The zero-order chi connectivity index (χ0) is 13.1. The maximum Gasteiger partial charge on any atom is 0.264 e. The van der Waals surface area contributed by atoms with Crippen molar-refractivity contribution in [3.8, 4) is 5.75 Å². The fourth-order valence-electron chi connectivity index (χ4n) is 2.33. The molecular weight excluding hydrogens is 250 g/mol. The molecule has 0 bridgehead atoms. The summed E-state index contributed by atoms with van der Waals surface area (Å²) < 4.78 is 5.08. The van der Waals surface area contributed by atoms with Crippen LogP contribution < -0.4 is 4.74 Å². The smallest absolute Gasteiger partial charge is 0.264 e. The van der Waals surface area contributed by atoms with Crippen molar-refractivity contribution < 1.29 is 14.3 Å². The van der Waals surface area contributed by atoms with Crippen molar-refractivity contribution in [3.05, 3.63) is 16.3 Å². The van der Waals surface area contributed by atoms with Crippen LogP contribution in [0.4, 0.5) is 0 Å². The highest BCUT2D eigenvalue weighted by Crippen LogP contribution is 2.27. The Morgan fingerprint density at radius 3 is 2.94 bits per heavy atom. The fraction of sp³-hybridized carbons (Fsp3) is 0.538. The Labute approximate surface area is 111 Å². The summed E-state index contributed by atoms with van der Waals surface area (Å²) in [5, 5.41) is 1.82. The molecule has 2 heterocycles. The zero-order valence-corrected chi connectivity index (χ0v) is 11.5. The number of methoxy groups -OCH3 is 1. The summed E-state index contributed by atoms with van der Waals surface area (Å²) in [7, 11) is 1.59. The standard InChI is InChI=1S/C13H17NO3S/c1-9(15)6-10-4-3-5-14(10)13(16)12-7-11(17-2)8-18-12/h7-8,10H,3-6H2,1-2H3. The van der Waals surface area contributed by atoms with Gasteiger partial charge in [-0.15, -0.1) is 11.3 Å². The molecule has 0 spiro atoms. The number of nitrogens with zero attached hydrogens (tertiary/aromatic N) is 1. The van der Waals surface area contributed by atoms with Crippen molar-refractivity contribution in [2.24, 2.45) is 0 Å². The second kappa shape index (κ2) is 5.52. The third kappa shape index (κ3) is 2.72. The van der Waals surface area contributed by atoms with Crippen LogP contribution >= 0.6 is 11.3 Å². The SMILES string of the molecule is COc1csc(C(=O)N2CCCC2CC(C)=O)c1. The Hall–Kier alpha value is -1.36. The molecule has 1 aromatic heterocycles. The van der Waals surface area contributed by atoms with Crippen molar-refractivity contribution in [3.63, 3.8) is 0 Å². The summed E-state index contributed by atoms with van der Waals surface area (Å²) in [6.07, 6.45) is 2.37. The second-order valence-electron chi connectivity index (χ2n) is 4.55. The van der Waals surface area contributed by atoms with Gasteiger partial charge in [-0.1, -0.05) is 0 Å². The summed E-state index contributed by atoms with van der Waals surface area (Å²) in [6, 6.07) is 1.83. The van der Waals surface area contributed by atoms with Gasteiger partial charge in [0.15, 0.2) is 0 Å². The molecule has 2 rings (SSSR count). The first-order chi connectivity index (χ1) is 8.61. The summed E-state index contributed by atoms with van der Waals surface area (Å²) in [5.41, 5.74) is 0. The van der Waals surface area contributed by atoms with E-state index < -0.39 is 0 Å². The number of carbonyl (C=O) groups is 2. The number of ketones is 1. The summed E-state index contributed by atoms with van der Waals surface area (Å²) >= 11 is 1.39. The number of hydrogen-bond donors (Lipinski definition) is 0. The van der Waals surface area contributed by atoms with E-state index in [9.17, 15) is 9.59 Å². The molecule has 1 fully saturated rings. The molecular formula is C13H17NO3S. The van der Waals surface area contributed by atoms with E-state index in [1.54, 1.807) is 20.1 Å². The third-order valence-electron chi connectivity index (χ3n) is 3.18. The van der Waals surface area contributed by atoms with E-state index in [0.717, 1.165) is 19.4 Å². The number of Topliss-reactive ketones (excluding diaryl/α,β-unsaturated/α-hetero) is 1. The molecule has 1 aromatic rings. The average molecular weight is 267 g/mol. The Morgan fingerprint density at radius 1 is 1.56 bits per heavy atom. The van der Waals surface area contributed by atoms with Gasteiger partial charge < -0.3 is 9.64 Å². The topological polar surface area (TPSA) is 46.6 Å². The molecule has 1 aliphatic heterocycles. The molecule has 1 aliphatic rings. The van der Waals surface area contributed by atoms with Gasteiger partial charge in [-0.25, -0.2) is 0 Å². The van der Waals surface area contributed by atoms with Gasteiger partial charge in [-0.05, 0) is 19.8 Å². The van der Waals surface area contributed by atoms with Gasteiger partial charge >= 0.3 is 0 Å². The number of hydrogen-bond acceptors (Lipinski definition) is 4. The van der Waals surface area contributed by atoms with Gasteiger partial charge in [0.25, 0.3) is 5.91 Å². The van der Waals surface area contributed by atoms with E-state index in [4.69, 9.17) is 4.74 Å². The molecule has 0 aromatic carbocycles. The van der Waals surface area contributed by atoms with Crippen LogP contribution in [0.3, 0.4) is 0 Å². The Morgan fingerprint density at radius 2 is 2.33 bits per heavy atom. The van der Waals surface area contributed by atoms with E-state index in [0.29, 0.717) is 17.0 Å². The van der Waals surface area contributed by atoms with Crippen molar-refractivity contribution in [1.82, 2.24) is 4.90 Å². The molecule has 1 saturated heterocycles. The third-order valence-corrected chi connectivity index (χ3v) is 4.08. The molecule has 1 unspecified atom stereocenters. The lowest BCUT2D eigenvalue weighted by Crippen LogP contribution is -2.36. The minimum atomic E-state index is 0.0204. The molecule has 1 atom stereocenters. The van der Waals surface area contributed by atoms with Crippen LogP contribution in [0.2, 0.25) is 0 Å². The maximum atomic E-state index is 12.3. The van der Waals surface area contributed by atoms with E-state index in [1.807, 2.05) is 10.3 Å². The Bertz CT molecular complexity index is 455.